The van der Waals surface area contributed by atoms with Gasteiger partial charge in [-0.25, -0.2) is 0 Å². The summed E-state index contributed by atoms with van der Waals surface area (Å²) in [6, 6.07) is 7.65. The third kappa shape index (κ3) is 1.46. The standard InChI is InChI=1S/C10H12N2O2/c1-13-9-5-3-7(11-9)8-4-6-10(12-8)14-2/h3-6,11-12H,1-2H3. The lowest BCUT2D eigenvalue weighted by Crippen LogP contribution is -1.83. The second-order valence-electron chi connectivity index (χ2n) is 2.88. The molecule has 0 unspecified atom stereocenters. The number of H-pyrrole nitrogens is 2. The number of hydrogen-bond acceptors (Lipinski definition) is 2. The first kappa shape index (κ1) is 8.74. The molecule has 2 aromatic heterocycles. The number of aromatic nitrogens is 2. The molecule has 2 N–H and O–H groups in total. The third-order valence-electron chi connectivity index (χ3n) is 2.05. The molecule has 0 saturated heterocycles. The van der Waals surface area contributed by atoms with Crippen molar-refractivity contribution >= 4 is 0 Å². The van der Waals surface area contributed by atoms with Crippen molar-refractivity contribution in [2.24, 2.45) is 0 Å². The topological polar surface area (TPSA) is 50.0 Å². The van der Waals surface area contributed by atoms with Crippen molar-refractivity contribution in [3.63, 3.8) is 0 Å². The number of methoxy groups -OCH3 is 2. The van der Waals surface area contributed by atoms with E-state index in [9.17, 15) is 0 Å². The van der Waals surface area contributed by atoms with Crippen LogP contribution in [0.2, 0.25) is 0 Å². The van der Waals surface area contributed by atoms with Gasteiger partial charge in [-0.15, -0.1) is 0 Å². The average Bonchev–Trinajstić information content (AvgIpc) is 2.86. The fourth-order valence-corrected chi connectivity index (χ4v) is 1.30. The van der Waals surface area contributed by atoms with Gasteiger partial charge in [0, 0.05) is 12.1 Å². The predicted octanol–water partition coefficient (Wildman–Crippen LogP) is 2.03. The predicted molar refractivity (Wildman–Crippen MR) is 53.7 cm³/mol. The van der Waals surface area contributed by atoms with E-state index >= 15 is 0 Å². The molecule has 0 spiro atoms. The van der Waals surface area contributed by atoms with Gasteiger partial charge in [0.25, 0.3) is 0 Å². The van der Waals surface area contributed by atoms with Gasteiger partial charge >= 0.3 is 0 Å². The van der Waals surface area contributed by atoms with Crippen molar-refractivity contribution in [3.8, 4) is 23.1 Å². The fourth-order valence-electron chi connectivity index (χ4n) is 1.30. The molecule has 0 aliphatic heterocycles. The molecule has 74 valence electrons. The van der Waals surface area contributed by atoms with Crippen LogP contribution in [0.5, 0.6) is 11.8 Å². The number of nitrogens with one attached hydrogen (secondary N) is 2. The summed E-state index contributed by atoms with van der Waals surface area (Å²) in [5.74, 6) is 1.49. The summed E-state index contributed by atoms with van der Waals surface area (Å²) in [5, 5.41) is 0. The van der Waals surface area contributed by atoms with Gasteiger partial charge in [0.1, 0.15) is 0 Å². The van der Waals surface area contributed by atoms with Crippen molar-refractivity contribution in [1.29, 1.82) is 0 Å². The Morgan fingerprint density at radius 1 is 0.786 bits per heavy atom. The van der Waals surface area contributed by atoms with Crippen molar-refractivity contribution in [2.45, 2.75) is 0 Å². The van der Waals surface area contributed by atoms with E-state index in [1.807, 2.05) is 24.3 Å². The second kappa shape index (κ2) is 3.49. The summed E-state index contributed by atoms with van der Waals surface area (Å²) in [5.41, 5.74) is 1.95. The van der Waals surface area contributed by atoms with Gasteiger partial charge in [0.2, 0.25) is 0 Å². The zero-order chi connectivity index (χ0) is 9.97. The van der Waals surface area contributed by atoms with E-state index in [0.29, 0.717) is 0 Å². The Labute approximate surface area is 81.9 Å². The first-order chi connectivity index (χ1) is 6.83. The van der Waals surface area contributed by atoms with Gasteiger partial charge in [-0.3, -0.25) is 0 Å². The molecular formula is C10H12N2O2. The van der Waals surface area contributed by atoms with Gasteiger partial charge in [-0.2, -0.15) is 0 Å². The molecule has 2 rings (SSSR count). The summed E-state index contributed by atoms with van der Waals surface area (Å²) < 4.78 is 10.1. The van der Waals surface area contributed by atoms with E-state index in [1.165, 1.54) is 0 Å². The van der Waals surface area contributed by atoms with Crippen molar-refractivity contribution in [2.75, 3.05) is 14.2 Å². The van der Waals surface area contributed by atoms with Crippen LogP contribution in [0.15, 0.2) is 24.3 Å². The first-order valence-corrected chi connectivity index (χ1v) is 4.30. The maximum atomic E-state index is 5.05. The molecule has 0 aliphatic rings. The quantitative estimate of drug-likeness (QED) is 0.781. The van der Waals surface area contributed by atoms with Crippen LogP contribution in [0.4, 0.5) is 0 Å². The minimum Gasteiger partial charge on any atom is -0.482 e. The Balaban J connectivity index is 2.29. The summed E-state index contributed by atoms with van der Waals surface area (Å²) >= 11 is 0. The lowest BCUT2D eigenvalue weighted by Gasteiger charge is -1.95. The molecule has 0 bridgehead atoms. The molecule has 2 aromatic rings. The molecule has 4 heteroatoms. The summed E-state index contributed by atoms with van der Waals surface area (Å²) in [6.45, 7) is 0. The number of ether oxygens (including phenoxy) is 2. The Morgan fingerprint density at radius 2 is 1.21 bits per heavy atom. The van der Waals surface area contributed by atoms with Crippen molar-refractivity contribution in [1.82, 2.24) is 9.97 Å². The van der Waals surface area contributed by atoms with Crippen molar-refractivity contribution in [3.05, 3.63) is 24.3 Å². The van der Waals surface area contributed by atoms with Gasteiger partial charge in [-0.05, 0) is 12.1 Å². The van der Waals surface area contributed by atoms with Crippen LogP contribution in [0.1, 0.15) is 0 Å². The van der Waals surface area contributed by atoms with Gasteiger partial charge in [-0.1, -0.05) is 0 Å². The van der Waals surface area contributed by atoms with Gasteiger partial charge in [0.05, 0.1) is 25.6 Å². The van der Waals surface area contributed by atoms with Crippen LogP contribution in [0.25, 0.3) is 11.4 Å². The van der Waals surface area contributed by atoms with E-state index in [-0.39, 0.29) is 0 Å². The van der Waals surface area contributed by atoms with Crippen LogP contribution in [0.3, 0.4) is 0 Å². The van der Waals surface area contributed by atoms with Crippen molar-refractivity contribution < 1.29 is 9.47 Å². The molecule has 0 saturated carbocycles. The smallest absolute Gasteiger partial charge is 0.190 e. The lowest BCUT2D eigenvalue weighted by molar-refractivity contribution is 0.399. The van der Waals surface area contributed by atoms with Crippen LogP contribution in [-0.4, -0.2) is 24.2 Å². The molecule has 2 heterocycles. The highest BCUT2D eigenvalue weighted by Gasteiger charge is 2.03. The molecule has 0 fully saturated rings. The highest BCUT2D eigenvalue weighted by molar-refractivity contribution is 5.57. The minimum atomic E-state index is 0.744. The maximum Gasteiger partial charge on any atom is 0.190 e. The monoisotopic (exact) mass is 192 g/mol. The molecule has 4 nitrogen and oxygen atoms in total. The SMILES string of the molecule is COc1ccc(-c2ccc(OC)[nH]2)[nH]1. The zero-order valence-corrected chi connectivity index (χ0v) is 8.13. The maximum absolute atomic E-state index is 5.05. The largest absolute Gasteiger partial charge is 0.482 e. The summed E-state index contributed by atoms with van der Waals surface area (Å²) in [4.78, 5) is 6.22. The number of hydrogen-bond donors (Lipinski definition) is 2. The van der Waals surface area contributed by atoms with E-state index in [4.69, 9.17) is 9.47 Å². The Bertz CT molecular complexity index is 377. The Morgan fingerprint density at radius 3 is 1.50 bits per heavy atom. The van der Waals surface area contributed by atoms with Gasteiger partial charge in [0.15, 0.2) is 11.8 Å². The molecule has 0 radical (unpaired) electrons. The molecule has 0 aliphatic carbocycles. The number of rotatable bonds is 3. The molecular weight excluding hydrogens is 180 g/mol. The van der Waals surface area contributed by atoms with Crippen LogP contribution in [-0.2, 0) is 0 Å². The molecule has 14 heavy (non-hydrogen) atoms. The normalized spacial score (nSPS) is 10.1. The fraction of sp³-hybridized carbons (Fsp3) is 0.200. The van der Waals surface area contributed by atoms with E-state index in [1.54, 1.807) is 14.2 Å². The third-order valence-corrected chi connectivity index (χ3v) is 2.05. The lowest BCUT2D eigenvalue weighted by atomic mass is 10.3. The highest BCUT2D eigenvalue weighted by atomic mass is 16.5. The molecule has 0 atom stereocenters. The highest BCUT2D eigenvalue weighted by Crippen LogP contribution is 2.22. The average molecular weight is 192 g/mol. The Kier molecular flexibility index (Phi) is 2.18. The van der Waals surface area contributed by atoms with Crippen LogP contribution < -0.4 is 9.47 Å². The van der Waals surface area contributed by atoms with Crippen LogP contribution >= 0.6 is 0 Å². The number of aromatic amines is 2. The van der Waals surface area contributed by atoms with E-state index < -0.39 is 0 Å². The Hall–Kier alpha value is -1.84. The summed E-state index contributed by atoms with van der Waals surface area (Å²) in [7, 11) is 3.26. The van der Waals surface area contributed by atoms with Crippen LogP contribution in [0, 0.1) is 0 Å². The second-order valence-corrected chi connectivity index (χ2v) is 2.88. The first-order valence-electron chi connectivity index (χ1n) is 4.30. The summed E-state index contributed by atoms with van der Waals surface area (Å²) in [6.07, 6.45) is 0. The molecule has 0 amide bonds. The van der Waals surface area contributed by atoms with Gasteiger partial charge < -0.3 is 19.4 Å². The van der Waals surface area contributed by atoms with E-state index in [2.05, 4.69) is 9.97 Å². The molecule has 0 aromatic carbocycles. The van der Waals surface area contributed by atoms with E-state index in [0.717, 1.165) is 23.1 Å². The zero-order valence-electron chi connectivity index (χ0n) is 8.13. The minimum absolute atomic E-state index is 0.744.